The highest BCUT2D eigenvalue weighted by molar-refractivity contribution is 7.10. The summed E-state index contributed by atoms with van der Waals surface area (Å²) >= 11 is 1.67. The Morgan fingerprint density at radius 1 is 1.25 bits per heavy atom. The van der Waals surface area contributed by atoms with E-state index in [1.54, 1.807) is 11.3 Å². The molecule has 1 aromatic carbocycles. The molecule has 0 aliphatic heterocycles. The van der Waals surface area contributed by atoms with Crippen LogP contribution in [0.5, 0.6) is 5.75 Å². The van der Waals surface area contributed by atoms with Crippen molar-refractivity contribution in [2.75, 3.05) is 6.54 Å². The zero-order valence-corrected chi connectivity index (χ0v) is 10.0. The Balaban J connectivity index is 2.10. The normalized spacial score (nSPS) is 12.4. The molecule has 2 N–H and O–H groups in total. The molecule has 0 aliphatic rings. The second-order valence-electron chi connectivity index (χ2n) is 3.67. The van der Waals surface area contributed by atoms with Gasteiger partial charge in [-0.3, -0.25) is 0 Å². The molecule has 1 aromatic heterocycles. The first kappa shape index (κ1) is 11.2. The van der Waals surface area contributed by atoms with Gasteiger partial charge in [0.1, 0.15) is 11.9 Å². The van der Waals surface area contributed by atoms with Gasteiger partial charge in [0, 0.05) is 11.4 Å². The van der Waals surface area contributed by atoms with Gasteiger partial charge in [0.15, 0.2) is 0 Å². The minimum atomic E-state index is -0.0392. The molecule has 2 aromatic rings. The molecule has 1 heterocycles. The Hall–Kier alpha value is -1.32. The summed E-state index contributed by atoms with van der Waals surface area (Å²) in [5, 5.41) is 2.04. The lowest BCUT2D eigenvalue weighted by atomic mass is 10.2. The number of benzene rings is 1. The second-order valence-corrected chi connectivity index (χ2v) is 4.65. The summed E-state index contributed by atoms with van der Waals surface area (Å²) in [6, 6.07) is 12.1. The molecule has 0 fully saturated rings. The molecule has 3 heteroatoms. The maximum absolute atomic E-state index is 5.85. The van der Waals surface area contributed by atoms with Crippen molar-refractivity contribution in [3.05, 3.63) is 52.2 Å². The first-order valence-corrected chi connectivity index (χ1v) is 6.14. The Kier molecular flexibility index (Phi) is 3.59. The van der Waals surface area contributed by atoms with E-state index in [1.807, 2.05) is 35.7 Å². The fourth-order valence-electron chi connectivity index (χ4n) is 1.48. The van der Waals surface area contributed by atoms with Crippen molar-refractivity contribution in [3.63, 3.8) is 0 Å². The molecule has 16 heavy (non-hydrogen) atoms. The largest absolute Gasteiger partial charge is 0.484 e. The minimum absolute atomic E-state index is 0.0392. The lowest BCUT2D eigenvalue weighted by Crippen LogP contribution is -2.17. The first-order valence-electron chi connectivity index (χ1n) is 5.26. The standard InChI is InChI=1S/C13H15NOS/c1-10-4-6-11(7-5-10)15-12(9-14)13-3-2-8-16-13/h2-8,12H,9,14H2,1H3. The third-order valence-electron chi connectivity index (χ3n) is 2.37. The zero-order chi connectivity index (χ0) is 11.4. The Morgan fingerprint density at radius 3 is 2.56 bits per heavy atom. The summed E-state index contributed by atoms with van der Waals surface area (Å²) in [7, 11) is 0. The third-order valence-corrected chi connectivity index (χ3v) is 3.34. The molecule has 0 spiro atoms. The molecule has 2 nitrogen and oxygen atoms in total. The first-order chi connectivity index (χ1) is 7.79. The van der Waals surface area contributed by atoms with Crippen molar-refractivity contribution in [1.82, 2.24) is 0 Å². The molecule has 0 bridgehead atoms. The van der Waals surface area contributed by atoms with Crippen LogP contribution in [0.3, 0.4) is 0 Å². The monoisotopic (exact) mass is 233 g/mol. The van der Waals surface area contributed by atoms with Crippen molar-refractivity contribution in [1.29, 1.82) is 0 Å². The Labute approximate surface area is 99.7 Å². The number of ether oxygens (including phenoxy) is 1. The smallest absolute Gasteiger partial charge is 0.145 e. The molecular weight excluding hydrogens is 218 g/mol. The van der Waals surface area contributed by atoms with Crippen molar-refractivity contribution in [2.45, 2.75) is 13.0 Å². The Morgan fingerprint density at radius 2 is 2.00 bits per heavy atom. The quantitative estimate of drug-likeness (QED) is 0.880. The lowest BCUT2D eigenvalue weighted by Gasteiger charge is -2.16. The molecule has 0 saturated carbocycles. The molecule has 1 unspecified atom stereocenters. The molecule has 1 atom stereocenters. The SMILES string of the molecule is Cc1ccc(OC(CN)c2cccs2)cc1. The van der Waals surface area contributed by atoms with Crippen LogP contribution in [-0.4, -0.2) is 6.54 Å². The van der Waals surface area contributed by atoms with Crippen LogP contribution in [0.1, 0.15) is 16.5 Å². The molecule has 0 aliphatic carbocycles. The van der Waals surface area contributed by atoms with E-state index in [-0.39, 0.29) is 6.10 Å². The summed E-state index contributed by atoms with van der Waals surface area (Å²) < 4.78 is 5.85. The van der Waals surface area contributed by atoms with Crippen LogP contribution in [0.2, 0.25) is 0 Å². The Bertz CT molecular complexity index is 422. The highest BCUT2D eigenvalue weighted by Gasteiger charge is 2.11. The second kappa shape index (κ2) is 5.14. The van der Waals surface area contributed by atoms with Crippen LogP contribution >= 0.6 is 11.3 Å². The van der Waals surface area contributed by atoms with E-state index >= 15 is 0 Å². The molecule has 84 valence electrons. The summed E-state index contributed by atoms with van der Waals surface area (Å²) in [6.45, 7) is 2.55. The maximum Gasteiger partial charge on any atom is 0.145 e. The fourth-order valence-corrected chi connectivity index (χ4v) is 2.25. The number of hydrogen-bond donors (Lipinski definition) is 1. The topological polar surface area (TPSA) is 35.2 Å². The number of nitrogens with two attached hydrogens (primary N) is 1. The lowest BCUT2D eigenvalue weighted by molar-refractivity contribution is 0.218. The molecule has 0 amide bonds. The van der Waals surface area contributed by atoms with E-state index in [0.29, 0.717) is 6.54 Å². The van der Waals surface area contributed by atoms with Crippen LogP contribution < -0.4 is 10.5 Å². The van der Waals surface area contributed by atoms with Gasteiger partial charge in [-0.2, -0.15) is 0 Å². The van der Waals surface area contributed by atoms with Gasteiger partial charge in [-0.05, 0) is 30.5 Å². The highest BCUT2D eigenvalue weighted by Crippen LogP contribution is 2.24. The summed E-state index contributed by atoms with van der Waals surface area (Å²) in [5.41, 5.74) is 6.95. The number of rotatable bonds is 4. The van der Waals surface area contributed by atoms with Crippen LogP contribution in [0.4, 0.5) is 0 Å². The van der Waals surface area contributed by atoms with Crippen LogP contribution in [0.15, 0.2) is 41.8 Å². The summed E-state index contributed by atoms with van der Waals surface area (Å²) in [4.78, 5) is 1.17. The maximum atomic E-state index is 5.85. The van der Waals surface area contributed by atoms with E-state index in [1.165, 1.54) is 10.4 Å². The van der Waals surface area contributed by atoms with E-state index in [0.717, 1.165) is 5.75 Å². The van der Waals surface area contributed by atoms with Crippen LogP contribution in [0.25, 0.3) is 0 Å². The van der Waals surface area contributed by atoms with Gasteiger partial charge in [0.2, 0.25) is 0 Å². The number of thiophene rings is 1. The van der Waals surface area contributed by atoms with Crippen LogP contribution in [-0.2, 0) is 0 Å². The summed E-state index contributed by atoms with van der Waals surface area (Å²) in [5.74, 6) is 0.870. The van der Waals surface area contributed by atoms with Crippen LogP contribution in [0, 0.1) is 6.92 Å². The molecule has 0 radical (unpaired) electrons. The van der Waals surface area contributed by atoms with Gasteiger partial charge >= 0.3 is 0 Å². The minimum Gasteiger partial charge on any atom is -0.484 e. The summed E-state index contributed by atoms with van der Waals surface area (Å²) in [6.07, 6.45) is -0.0392. The van der Waals surface area contributed by atoms with E-state index in [4.69, 9.17) is 10.5 Å². The predicted molar refractivity (Wildman–Crippen MR) is 67.9 cm³/mol. The van der Waals surface area contributed by atoms with Crippen molar-refractivity contribution < 1.29 is 4.74 Å². The molecule has 2 rings (SSSR count). The van der Waals surface area contributed by atoms with Gasteiger partial charge in [-0.1, -0.05) is 23.8 Å². The van der Waals surface area contributed by atoms with Gasteiger partial charge in [-0.25, -0.2) is 0 Å². The average molecular weight is 233 g/mol. The third kappa shape index (κ3) is 2.62. The van der Waals surface area contributed by atoms with Crippen molar-refractivity contribution in [2.24, 2.45) is 5.73 Å². The van der Waals surface area contributed by atoms with Crippen molar-refractivity contribution >= 4 is 11.3 Å². The van der Waals surface area contributed by atoms with E-state index < -0.39 is 0 Å². The van der Waals surface area contributed by atoms with Gasteiger partial charge < -0.3 is 10.5 Å². The highest BCUT2D eigenvalue weighted by atomic mass is 32.1. The van der Waals surface area contributed by atoms with Gasteiger partial charge in [0.25, 0.3) is 0 Å². The molecule has 0 saturated heterocycles. The fraction of sp³-hybridized carbons (Fsp3) is 0.231. The van der Waals surface area contributed by atoms with E-state index in [2.05, 4.69) is 13.0 Å². The zero-order valence-electron chi connectivity index (χ0n) is 9.22. The van der Waals surface area contributed by atoms with Gasteiger partial charge in [-0.15, -0.1) is 11.3 Å². The van der Waals surface area contributed by atoms with Gasteiger partial charge in [0.05, 0.1) is 0 Å². The molecular formula is C13H15NOS. The number of hydrogen-bond acceptors (Lipinski definition) is 3. The van der Waals surface area contributed by atoms with E-state index in [9.17, 15) is 0 Å². The van der Waals surface area contributed by atoms with Crippen molar-refractivity contribution in [3.8, 4) is 5.75 Å². The predicted octanol–water partition coefficient (Wildman–Crippen LogP) is 3.14. The average Bonchev–Trinajstić information content (AvgIpc) is 2.82. The number of aryl methyl sites for hydroxylation is 1.